The van der Waals surface area contributed by atoms with Gasteiger partial charge in [-0.25, -0.2) is 0 Å². The molecule has 0 radical (unpaired) electrons. The molecule has 0 aliphatic rings. The zero-order chi connectivity index (χ0) is 13.8. The van der Waals surface area contributed by atoms with Crippen LogP contribution in [0.1, 0.15) is 5.56 Å². The van der Waals surface area contributed by atoms with Gasteiger partial charge >= 0.3 is 0 Å². The second-order valence-corrected chi connectivity index (χ2v) is 4.19. The number of azo groups is 1. The lowest BCUT2D eigenvalue weighted by atomic mass is 10.2. The van der Waals surface area contributed by atoms with Crippen molar-refractivity contribution in [2.45, 2.75) is 6.92 Å². The average molecular weight is 256 g/mol. The number of hydrogen-bond donors (Lipinski definition) is 3. The first-order valence-corrected chi connectivity index (χ1v) is 5.89. The van der Waals surface area contributed by atoms with Gasteiger partial charge in [-0.05, 0) is 36.8 Å². The fourth-order valence-corrected chi connectivity index (χ4v) is 1.74. The summed E-state index contributed by atoms with van der Waals surface area (Å²) < 4.78 is 0. The molecular weight excluding hydrogens is 240 g/mol. The predicted molar refractivity (Wildman–Crippen MR) is 77.4 cm³/mol. The van der Waals surface area contributed by atoms with Gasteiger partial charge in [0.2, 0.25) is 0 Å². The maximum Gasteiger partial charge on any atom is 0.166 e. The van der Waals surface area contributed by atoms with E-state index in [9.17, 15) is 5.11 Å². The molecule has 19 heavy (non-hydrogen) atoms. The molecule has 5 nitrogen and oxygen atoms in total. The Bertz CT molecular complexity index is 623. The molecule has 0 aliphatic carbocycles. The number of anilines is 2. The van der Waals surface area contributed by atoms with Crippen molar-refractivity contribution in [3.05, 3.63) is 42.0 Å². The molecule has 0 amide bonds. The number of hydrogen-bond acceptors (Lipinski definition) is 5. The Morgan fingerprint density at radius 2 is 1.79 bits per heavy atom. The fraction of sp³-hybridized carbons (Fsp3) is 0.143. The zero-order valence-corrected chi connectivity index (χ0v) is 10.9. The molecule has 0 saturated heterocycles. The normalized spacial score (nSPS) is 10.8. The van der Waals surface area contributed by atoms with E-state index < -0.39 is 0 Å². The van der Waals surface area contributed by atoms with Gasteiger partial charge in [0.05, 0.1) is 11.4 Å². The Morgan fingerprint density at radius 3 is 2.53 bits per heavy atom. The fourth-order valence-electron chi connectivity index (χ4n) is 1.74. The van der Waals surface area contributed by atoms with Gasteiger partial charge in [0, 0.05) is 7.05 Å². The Morgan fingerprint density at radius 1 is 1.11 bits per heavy atom. The number of benzene rings is 2. The Hall–Kier alpha value is -2.56. The molecule has 2 rings (SSSR count). The summed E-state index contributed by atoms with van der Waals surface area (Å²) in [5, 5.41) is 21.1. The van der Waals surface area contributed by atoms with Crippen LogP contribution < -0.4 is 11.1 Å². The topological polar surface area (TPSA) is 83.0 Å². The molecule has 98 valence electrons. The molecule has 2 aromatic carbocycles. The van der Waals surface area contributed by atoms with E-state index in [1.165, 1.54) is 0 Å². The van der Waals surface area contributed by atoms with Crippen molar-refractivity contribution in [2.75, 3.05) is 18.1 Å². The van der Waals surface area contributed by atoms with E-state index >= 15 is 0 Å². The lowest BCUT2D eigenvalue weighted by molar-refractivity contribution is 0.479. The summed E-state index contributed by atoms with van der Waals surface area (Å²) >= 11 is 0. The summed E-state index contributed by atoms with van der Waals surface area (Å²) in [4.78, 5) is 0. The van der Waals surface area contributed by atoms with E-state index in [1.54, 1.807) is 12.1 Å². The van der Waals surface area contributed by atoms with Gasteiger partial charge in [0.1, 0.15) is 11.4 Å². The van der Waals surface area contributed by atoms with Crippen LogP contribution in [0.4, 0.5) is 22.7 Å². The molecule has 0 atom stereocenters. The summed E-state index contributed by atoms with van der Waals surface area (Å²) in [5.74, 6) is -0.0451. The highest BCUT2D eigenvalue weighted by molar-refractivity contribution is 5.68. The molecule has 0 aliphatic heterocycles. The highest BCUT2D eigenvalue weighted by atomic mass is 16.3. The van der Waals surface area contributed by atoms with Crippen LogP contribution in [0.2, 0.25) is 0 Å². The van der Waals surface area contributed by atoms with Gasteiger partial charge in [-0.15, -0.1) is 10.2 Å². The van der Waals surface area contributed by atoms with Crippen LogP contribution >= 0.6 is 0 Å². The van der Waals surface area contributed by atoms with Crippen molar-refractivity contribution in [3.8, 4) is 5.75 Å². The van der Waals surface area contributed by atoms with Crippen LogP contribution in [-0.2, 0) is 0 Å². The first-order valence-electron chi connectivity index (χ1n) is 5.89. The van der Waals surface area contributed by atoms with Gasteiger partial charge in [-0.1, -0.05) is 12.1 Å². The van der Waals surface area contributed by atoms with Crippen LogP contribution in [0.3, 0.4) is 0 Å². The first-order chi connectivity index (χ1) is 9.11. The standard InChI is InChI=1S/C14H16N4O/c1-9-7-10(15)14(19)13(8-9)18-17-12-6-4-3-5-11(12)16-2/h3-8,16,19H,15H2,1-2H3. The van der Waals surface area contributed by atoms with E-state index in [0.29, 0.717) is 17.1 Å². The molecule has 0 aromatic heterocycles. The number of phenolic OH excluding ortho intramolecular Hbond substituents is 1. The van der Waals surface area contributed by atoms with Crippen molar-refractivity contribution in [1.29, 1.82) is 0 Å². The van der Waals surface area contributed by atoms with Gasteiger partial charge in [-0.2, -0.15) is 0 Å². The number of aromatic hydroxyl groups is 1. The Labute approximate surface area is 111 Å². The number of nitrogens with one attached hydrogen (secondary N) is 1. The minimum atomic E-state index is -0.0451. The molecule has 0 heterocycles. The van der Waals surface area contributed by atoms with Gasteiger partial charge in [0.15, 0.2) is 5.75 Å². The third kappa shape index (κ3) is 2.82. The third-order valence-corrected chi connectivity index (χ3v) is 2.70. The smallest absolute Gasteiger partial charge is 0.166 e. The van der Waals surface area contributed by atoms with Crippen molar-refractivity contribution in [2.24, 2.45) is 10.2 Å². The van der Waals surface area contributed by atoms with Crippen LogP contribution in [0.5, 0.6) is 5.75 Å². The number of nitrogens with zero attached hydrogens (tertiary/aromatic N) is 2. The summed E-state index contributed by atoms with van der Waals surface area (Å²) in [7, 11) is 1.82. The monoisotopic (exact) mass is 256 g/mol. The van der Waals surface area contributed by atoms with Gasteiger partial charge < -0.3 is 16.2 Å². The highest BCUT2D eigenvalue weighted by Gasteiger charge is 2.06. The molecule has 0 unspecified atom stereocenters. The second kappa shape index (κ2) is 5.39. The Balaban J connectivity index is 2.38. The van der Waals surface area contributed by atoms with Crippen molar-refractivity contribution in [3.63, 3.8) is 0 Å². The lowest BCUT2D eigenvalue weighted by Crippen LogP contribution is -1.87. The van der Waals surface area contributed by atoms with Crippen LogP contribution in [-0.4, -0.2) is 12.2 Å². The maximum absolute atomic E-state index is 9.83. The van der Waals surface area contributed by atoms with Gasteiger partial charge in [-0.3, -0.25) is 0 Å². The Kier molecular flexibility index (Phi) is 3.66. The number of nitrogen functional groups attached to an aromatic ring is 1. The zero-order valence-electron chi connectivity index (χ0n) is 10.9. The van der Waals surface area contributed by atoms with Crippen LogP contribution in [0.15, 0.2) is 46.6 Å². The molecule has 0 fully saturated rings. The van der Waals surface area contributed by atoms with Crippen LogP contribution in [0.25, 0.3) is 0 Å². The summed E-state index contributed by atoms with van der Waals surface area (Å²) in [6.45, 7) is 1.89. The highest BCUT2D eigenvalue weighted by Crippen LogP contribution is 2.35. The summed E-state index contributed by atoms with van der Waals surface area (Å²) in [6.07, 6.45) is 0. The molecule has 4 N–H and O–H groups in total. The average Bonchev–Trinajstić information content (AvgIpc) is 2.41. The quantitative estimate of drug-likeness (QED) is 0.444. The minimum Gasteiger partial charge on any atom is -0.504 e. The van der Waals surface area contributed by atoms with Crippen molar-refractivity contribution >= 4 is 22.7 Å². The predicted octanol–water partition coefficient (Wildman–Crippen LogP) is 3.74. The summed E-state index contributed by atoms with van der Waals surface area (Å²) in [5.41, 5.74) is 8.84. The first kappa shape index (κ1) is 12.9. The van der Waals surface area contributed by atoms with E-state index in [2.05, 4.69) is 15.5 Å². The van der Waals surface area contributed by atoms with Crippen LogP contribution in [0, 0.1) is 6.92 Å². The van der Waals surface area contributed by atoms with E-state index in [-0.39, 0.29) is 5.75 Å². The third-order valence-electron chi connectivity index (χ3n) is 2.70. The number of phenols is 1. The minimum absolute atomic E-state index is 0.0451. The number of nitrogens with two attached hydrogens (primary N) is 1. The summed E-state index contributed by atoms with van der Waals surface area (Å²) in [6, 6.07) is 10.9. The maximum atomic E-state index is 9.83. The molecule has 0 bridgehead atoms. The number of para-hydroxylation sites is 1. The molecule has 5 heteroatoms. The largest absolute Gasteiger partial charge is 0.504 e. The van der Waals surface area contributed by atoms with E-state index in [1.807, 2.05) is 38.2 Å². The molecule has 2 aromatic rings. The SMILES string of the molecule is CNc1ccccc1N=Nc1cc(C)cc(N)c1O. The number of rotatable bonds is 3. The van der Waals surface area contributed by atoms with E-state index in [4.69, 9.17) is 5.73 Å². The number of aryl methyl sites for hydroxylation is 1. The van der Waals surface area contributed by atoms with E-state index in [0.717, 1.165) is 11.3 Å². The molecular formula is C14H16N4O. The van der Waals surface area contributed by atoms with Crippen molar-refractivity contribution < 1.29 is 5.11 Å². The van der Waals surface area contributed by atoms with Gasteiger partial charge in [0.25, 0.3) is 0 Å². The van der Waals surface area contributed by atoms with Crippen molar-refractivity contribution in [1.82, 2.24) is 0 Å². The molecule has 0 saturated carbocycles. The second-order valence-electron chi connectivity index (χ2n) is 4.19. The lowest BCUT2D eigenvalue weighted by Gasteiger charge is -2.05. The molecule has 0 spiro atoms.